The molecule has 88 valence electrons. The average molecular weight is 222 g/mol. The van der Waals surface area contributed by atoms with E-state index in [1.54, 1.807) is 7.11 Å². The number of carbonyl (C=O) groups excluding carboxylic acids is 1. The van der Waals surface area contributed by atoms with Crippen LogP contribution in [0.25, 0.3) is 0 Å². The summed E-state index contributed by atoms with van der Waals surface area (Å²) in [5, 5.41) is 2.73. The number of hydrogen-bond acceptors (Lipinski definition) is 3. The molecule has 0 aromatic heterocycles. The maximum Gasteiger partial charge on any atom is 0.224 e. The Bertz CT molecular complexity index is 364. The lowest BCUT2D eigenvalue weighted by atomic mass is 10.1. The molecule has 16 heavy (non-hydrogen) atoms. The molecule has 0 saturated carbocycles. The molecule has 0 spiro atoms. The highest BCUT2D eigenvalue weighted by Crippen LogP contribution is 2.20. The summed E-state index contributed by atoms with van der Waals surface area (Å²) in [6.07, 6.45) is 0.323. The largest absolute Gasteiger partial charge is 0.496 e. The van der Waals surface area contributed by atoms with Gasteiger partial charge in [-0.05, 0) is 18.6 Å². The Morgan fingerprint density at radius 3 is 2.88 bits per heavy atom. The molecule has 0 atom stereocenters. The van der Waals surface area contributed by atoms with Gasteiger partial charge in [0.25, 0.3) is 0 Å². The molecule has 4 heteroatoms. The zero-order valence-electron chi connectivity index (χ0n) is 9.75. The van der Waals surface area contributed by atoms with Crippen molar-refractivity contribution in [2.75, 3.05) is 20.2 Å². The van der Waals surface area contributed by atoms with Gasteiger partial charge in [-0.25, -0.2) is 0 Å². The van der Waals surface area contributed by atoms with E-state index in [1.807, 2.05) is 25.1 Å². The number of methoxy groups -OCH3 is 1. The second-order valence-electron chi connectivity index (χ2n) is 3.63. The zero-order valence-corrected chi connectivity index (χ0v) is 9.75. The maximum absolute atomic E-state index is 11.5. The van der Waals surface area contributed by atoms with Crippen LogP contribution in [-0.4, -0.2) is 26.1 Å². The van der Waals surface area contributed by atoms with Gasteiger partial charge in [0.15, 0.2) is 0 Å². The van der Waals surface area contributed by atoms with Gasteiger partial charge in [-0.2, -0.15) is 0 Å². The molecule has 0 bridgehead atoms. The van der Waals surface area contributed by atoms with Gasteiger partial charge < -0.3 is 15.8 Å². The van der Waals surface area contributed by atoms with Crippen molar-refractivity contribution < 1.29 is 9.53 Å². The summed E-state index contributed by atoms with van der Waals surface area (Å²) in [6.45, 7) is 2.95. The first-order chi connectivity index (χ1) is 7.67. The quantitative estimate of drug-likeness (QED) is 0.767. The van der Waals surface area contributed by atoms with E-state index in [-0.39, 0.29) is 5.91 Å². The second-order valence-corrected chi connectivity index (χ2v) is 3.63. The number of rotatable bonds is 5. The molecule has 1 rings (SSSR count). The fraction of sp³-hybridized carbons (Fsp3) is 0.417. The van der Waals surface area contributed by atoms with Crippen LogP contribution in [0.15, 0.2) is 18.2 Å². The lowest BCUT2D eigenvalue weighted by Gasteiger charge is -2.09. The molecule has 4 nitrogen and oxygen atoms in total. The summed E-state index contributed by atoms with van der Waals surface area (Å²) in [6, 6.07) is 5.80. The molecule has 0 saturated heterocycles. The third kappa shape index (κ3) is 3.55. The first-order valence-electron chi connectivity index (χ1n) is 5.27. The van der Waals surface area contributed by atoms with Crippen molar-refractivity contribution in [2.45, 2.75) is 13.3 Å². The SMILES string of the molecule is COc1cc(C)ccc1CC(=O)NCCN. The average Bonchev–Trinajstić information content (AvgIpc) is 2.28. The second kappa shape index (κ2) is 6.12. The fourth-order valence-corrected chi connectivity index (χ4v) is 1.44. The minimum Gasteiger partial charge on any atom is -0.496 e. The van der Waals surface area contributed by atoms with E-state index >= 15 is 0 Å². The van der Waals surface area contributed by atoms with E-state index in [2.05, 4.69) is 5.32 Å². The number of benzene rings is 1. The van der Waals surface area contributed by atoms with Crippen molar-refractivity contribution in [3.63, 3.8) is 0 Å². The van der Waals surface area contributed by atoms with Crippen LogP contribution in [0.2, 0.25) is 0 Å². The molecular weight excluding hydrogens is 204 g/mol. The van der Waals surface area contributed by atoms with Crippen LogP contribution in [0.1, 0.15) is 11.1 Å². The Hall–Kier alpha value is -1.55. The van der Waals surface area contributed by atoms with Gasteiger partial charge in [-0.15, -0.1) is 0 Å². The number of nitrogens with two attached hydrogens (primary N) is 1. The Balaban J connectivity index is 2.69. The highest BCUT2D eigenvalue weighted by Gasteiger charge is 2.07. The van der Waals surface area contributed by atoms with E-state index in [9.17, 15) is 4.79 Å². The number of carbonyl (C=O) groups is 1. The Labute approximate surface area is 95.8 Å². The molecule has 0 aliphatic carbocycles. The van der Waals surface area contributed by atoms with Crippen LogP contribution in [0.3, 0.4) is 0 Å². The van der Waals surface area contributed by atoms with E-state index in [4.69, 9.17) is 10.5 Å². The van der Waals surface area contributed by atoms with Crippen molar-refractivity contribution in [3.8, 4) is 5.75 Å². The van der Waals surface area contributed by atoms with Crippen molar-refractivity contribution in [1.82, 2.24) is 5.32 Å². The number of nitrogens with one attached hydrogen (secondary N) is 1. The molecule has 1 amide bonds. The normalized spacial score (nSPS) is 9.94. The molecular formula is C12H18N2O2. The third-order valence-electron chi connectivity index (χ3n) is 2.26. The number of ether oxygens (including phenoxy) is 1. The molecule has 1 aromatic rings. The first kappa shape index (κ1) is 12.5. The molecule has 0 unspecified atom stereocenters. The van der Waals surface area contributed by atoms with Crippen LogP contribution in [0.4, 0.5) is 0 Å². The maximum atomic E-state index is 11.5. The smallest absolute Gasteiger partial charge is 0.224 e. The Kier molecular flexibility index (Phi) is 4.79. The highest BCUT2D eigenvalue weighted by atomic mass is 16.5. The van der Waals surface area contributed by atoms with Crippen LogP contribution in [-0.2, 0) is 11.2 Å². The molecule has 0 aliphatic rings. The highest BCUT2D eigenvalue weighted by molar-refractivity contribution is 5.79. The molecule has 0 fully saturated rings. The van der Waals surface area contributed by atoms with Crippen molar-refractivity contribution in [1.29, 1.82) is 0 Å². The summed E-state index contributed by atoms with van der Waals surface area (Å²) in [7, 11) is 1.61. The Morgan fingerprint density at radius 1 is 1.50 bits per heavy atom. The summed E-state index contributed by atoms with van der Waals surface area (Å²) in [5.74, 6) is 0.718. The Morgan fingerprint density at radius 2 is 2.25 bits per heavy atom. The molecule has 1 aromatic carbocycles. The van der Waals surface area contributed by atoms with Gasteiger partial charge in [0.2, 0.25) is 5.91 Å². The standard InChI is InChI=1S/C12H18N2O2/c1-9-3-4-10(11(7-9)16-2)8-12(15)14-6-5-13/h3-4,7H,5-6,8,13H2,1-2H3,(H,14,15). The van der Waals surface area contributed by atoms with E-state index in [0.29, 0.717) is 19.5 Å². The molecule has 0 heterocycles. The number of hydrogen-bond donors (Lipinski definition) is 2. The zero-order chi connectivity index (χ0) is 12.0. The minimum absolute atomic E-state index is 0.0346. The van der Waals surface area contributed by atoms with Gasteiger partial charge in [0.1, 0.15) is 5.75 Å². The summed E-state index contributed by atoms with van der Waals surface area (Å²) < 4.78 is 5.23. The predicted molar refractivity (Wildman–Crippen MR) is 63.5 cm³/mol. The lowest BCUT2D eigenvalue weighted by molar-refractivity contribution is -0.120. The van der Waals surface area contributed by atoms with E-state index in [1.165, 1.54) is 0 Å². The van der Waals surface area contributed by atoms with Crippen molar-refractivity contribution in [3.05, 3.63) is 29.3 Å². The third-order valence-corrected chi connectivity index (χ3v) is 2.26. The van der Waals surface area contributed by atoms with E-state index < -0.39 is 0 Å². The van der Waals surface area contributed by atoms with Gasteiger partial charge >= 0.3 is 0 Å². The van der Waals surface area contributed by atoms with Crippen molar-refractivity contribution >= 4 is 5.91 Å². The van der Waals surface area contributed by atoms with Gasteiger partial charge in [-0.3, -0.25) is 4.79 Å². The first-order valence-corrected chi connectivity index (χ1v) is 5.27. The molecule has 3 N–H and O–H groups in total. The van der Waals surface area contributed by atoms with Gasteiger partial charge in [0.05, 0.1) is 13.5 Å². The van der Waals surface area contributed by atoms with Crippen molar-refractivity contribution in [2.24, 2.45) is 5.73 Å². The predicted octanol–water partition coefficient (Wildman–Crippen LogP) is 0.621. The van der Waals surface area contributed by atoms with Crippen LogP contribution in [0.5, 0.6) is 5.75 Å². The summed E-state index contributed by atoms with van der Waals surface area (Å²) in [5.41, 5.74) is 7.31. The van der Waals surface area contributed by atoms with Gasteiger partial charge in [0, 0.05) is 18.7 Å². The monoisotopic (exact) mass is 222 g/mol. The van der Waals surface area contributed by atoms with Gasteiger partial charge in [-0.1, -0.05) is 12.1 Å². The van der Waals surface area contributed by atoms with E-state index in [0.717, 1.165) is 16.9 Å². The minimum atomic E-state index is -0.0346. The number of aryl methyl sites for hydroxylation is 1. The van der Waals surface area contributed by atoms with Crippen LogP contribution in [0, 0.1) is 6.92 Å². The van der Waals surface area contributed by atoms with Crippen LogP contribution < -0.4 is 15.8 Å². The molecule has 0 radical (unpaired) electrons. The van der Waals surface area contributed by atoms with Crippen LogP contribution >= 0.6 is 0 Å². The summed E-state index contributed by atoms with van der Waals surface area (Å²) in [4.78, 5) is 11.5. The fourth-order valence-electron chi connectivity index (χ4n) is 1.44. The summed E-state index contributed by atoms with van der Waals surface area (Å²) >= 11 is 0. The lowest BCUT2D eigenvalue weighted by Crippen LogP contribution is -2.30. The molecule has 0 aliphatic heterocycles. The number of amides is 1. The topological polar surface area (TPSA) is 64.3 Å².